The third kappa shape index (κ3) is 5.86. The van der Waals surface area contributed by atoms with E-state index < -0.39 is 0 Å². The Balaban J connectivity index is 1.63. The van der Waals surface area contributed by atoms with Gasteiger partial charge in [0.15, 0.2) is 5.13 Å². The molecule has 2 aromatic carbocycles. The van der Waals surface area contributed by atoms with E-state index in [-0.39, 0.29) is 18.2 Å². The molecule has 7 nitrogen and oxygen atoms in total. The van der Waals surface area contributed by atoms with Gasteiger partial charge in [0.25, 0.3) is 0 Å². The van der Waals surface area contributed by atoms with Crippen molar-refractivity contribution in [2.75, 3.05) is 24.9 Å². The van der Waals surface area contributed by atoms with Crippen molar-refractivity contribution >= 4 is 55.8 Å². The van der Waals surface area contributed by atoms with Crippen molar-refractivity contribution < 1.29 is 19.1 Å². The zero-order valence-corrected chi connectivity index (χ0v) is 19.2. The van der Waals surface area contributed by atoms with Gasteiger partial charge in [-0.1, -0.05) is 35.9 Å². The number of aryl methyl sites for hydroxylation is 1. The Morgan fingerprint density at radius 2 is 1.77 bits per heavy atom. The maximum absolute atomic E-state index is 12.5. The van der Waals surface area contributed by atoms with Crippen molar-refractivity contribution in [3.05, 3.63) is 40.9 Å². The molecule has 0 atom stereocenters. The van der Waals surface area contributed by atoms with E-state index in [0.29, 0.717) is 40.2 Å². The molecule has 0 saturated carbocycles. The van der Waals surface area contributed by atoms with Gasteiger partial charge in [-0.25, -0.2) is 4.98 Å². The Kier molecular flexibility index (Phi) is 7.70. The van der Waals surface area contributed by atoms with E-state index in [1.165, 1.54) is 25.6 Å². The fourth-order valence-electron chi connectivity index (χ4n) is 3.02. The van der Waals surface area contributed by atoms with Crippen molar-refractivity contribution in [1.29, 1.82) is 0 Å². The Labute approximate surface area is 189 Å². The normalized spacial score (nSPS) is 10.7. The quantitative estimate of drug-likeness (QED) is 0.452. The van der Waals surface area contributed by atoms with Crippen LogP contribution in [0, 0.1) is 0 Å². The van der Waals surface area contributed by atoms with Crippen LogP contribution >= 0.6 is 22.9 Å². The molecule has 31 heavy (non-hydrogen) atoms. The number of fused-ring (bicyclic) bond motifs is 1. The van der Waals surface area contributed by atoms with E-state index in [1.54, 1.807) is 12.1 Å². The number of anilines is 2. The monoisotopic (exact) mass is 461 g/mol. The number of amides is 2. The highest BCUT2D eigenvalue weighted by Gasteiger charge is 2.13. The maximum Gasteiger partial charge on any atom is 0.226 e. The molecular formula is C22H24ClN3O4S. The van der Waals surface area contributed by atoms with E-state index in [1.807, 2.05) is 25.1 Å². The van der Waals surface area contributed by atoms with Crippen LogP contribution in [0.4, 0.5) is 10.8 Å². The highest BCUT2D eigenvalue weighted by molar-refractivity contribution is 7.22. The molecule has 0 fully saturated rings. The first kappa shape index (κ1) is 22.8. The highest BCUT2D eigenvalue weighted by Crippen LogP contribution is 2.36. The summed E-state index contributed by atoms with van der Waals surface area (Å²) in [5.41, 5.74) is 2.32. The van der Waals surface area contributed by atoms with Crippen LogP contribution in [0.5, 0.6) is 11.5 Å². The van der Waals surface area contributed by atoms with Gasteiger partial charge in [-0.2, -0.15) is 0 Å². The largest absolute Gasteiger partial charge is 0.495 e. The molecule has 2 N–H and O–H groups in total. The molecule has 0 aliphatic carbocycles. The Bertz CT molecular complexity index is 1100. The van der Waals surface area contributed by atoms with E-state index in [4.69, 9.17) is 21.1 Å². The molecule has 0 saturated heterocycles. The predicted octanol–water partition coefficient (Wildman–Crippen LogP) is 5.28. The van der Waals surface area contributed by atoms with Crippen molar-refractivity contribution in [3.63, 3.8) is 0 Å². The van der Waals surface area contributed by atoms with E-state index in [0.717, 1.165) is 22.2 Å². The summed E-state index contributed by atoms with van der Waals surface area (Å²) < 4.78 is 11.4. The minimum absolute atomic E-state index is 0.0347. The first-order valence-electron chi connectivity index (χ1n) is 9.84. The number of aromatic nitrogens is 1. The summed E-state index contributed by atoms with van der Waals surface area (Å²) in [5.74, 6) is 0.752. The number of nitrogens with zero attached hydrogens (tertiary/aromatic N) is 1. The van der Waals surface area contributed by atoms with E-state index in [9.17, 15) is 9.59 Å². The van der Waals surface area contributed by atoms with Gasteiger partial charge in [0.05, 0.1) is 35.1 Å². The highest BCUT2D eigenvalue weighted by atomic mass is 35.5. The number of methoxy groups -OCH3 is 2. The van der Waals surface area contributed by atoms with Gasteiger partial charge in [-0.05, 0) is 36.6 Å². The van der Waals surface area contributed by atoms with Crippen molar-refractivity contribution in [3.8, 4) is 11.5 Å². The van der Waals surface area contributed by atoms with Gasteiger partial charge >= 0.3 is 0 Å². The third-order valence-corrected chi connectivity index (χ3v) is 5.79. The summed E-state index contributed by atoms with van der Waals surface area (Å²) in [6.45, 7) is 1.96. The summed E-state index contributed by atoms with van der Waals surface area (Å²) >= 11 is 7.58. The second kappa shape index (κ2) is 10.5. The average molecular weight is 462 g/mol. The van der Waals surface area contributed by atoms with Crippen LogP contribution in [0.25, 0.3) is 10.2 Å². The van der Waals surface area contributed by atoms with Crippen LogP contribution in [0.2, 0.25) is 5.02 Å². The molecule has 1 aromatic heterocycles. The average Bonchev–Trinajstić information content (AvgIpc) is 3.14. The van der Waals surface area contributed by atoms with Gasteiger partial charge in [0.2, 0.25) is 11.8 Å². The first-order chi connectivity index (χ1) is 14.9. The number of ether oxygens (including phenoxy) is 2. The second-order valence-corrected chi connectivity index (χ2v) is 8.29. The van der Waals surface area contributed by atoms with E-state index >= 15 is 0 Å². The Morgan fingerprint density at radius 3 is 2.48 bits per heavy atom. The molecule has 0 bridgehead atoms. The van der Waals surface area contributed by atoms with Gasteiger partial charge in [0.1, 0.15) is 11.5 Å². The number of rotatable bonds is 9. The number of hydrogen-bond donors (Lipinski definition) is 2. The number of hydrogen-bond acceptors (Lipinski definition) is 6. The maximum atomic E-state index is 12.5. The number of thiazole rings is 1. The molecule has 2 amide bonds. The lowest BCUT2D eigenvalue weighted by Crippen LogP contribution is -2.13. The zero-order valence-electron chi connectivity index (χ0n) is 17.6. The second-order valence-electron chi connectivity index (χ2n) is 6.85. The molecule has 0 aliphatic heterocycles. The molecule has 0 unspecified atom stereocenters. The lowest BCUT2D eigenvalue weighted by Gasteiger charge is -2.13. The lowest BCUT2D eigenvalue weighted by atomic mass is 10.1. The van der Waals surface area contributed by atoms with Crippen LogP contribution in [-0.4, -0.2) is 31.0 Å². The third-order valence-electron chi connectivity index (χ3n) is 4.57. The van der Waals surface area contributed by atoms with Gasteiger partial charge in [-0.15, -0.1) is 0 Å². The summed E-state index contributed by atoms with van der Waals surface area (Å²) in [7, 11) is 3.03. The van der Waals surface area contributed by atoms with Gasteiger partial charge in [-0.3, -0.25) is 9.59 Å². The minimum Gasteiger partial charge on any atom is -0.495 e. The van der Waals surface area contributed by atoms with Gasteiger partial charge < -0.3 is 20.1 Å². The zero-order chi connectivity index (χ0) is 22.4. The Morgan fingerprint density at radius 1 is 1.03 bits per heavy atom. The molecule has 164 valence electrons. The summed E-state index contributed by atoms with van der Waals surface area (Å²) in [6.07, 6.45) is 2.11. The van der Waals surface area contributed by atoms with Gasteiger partial charge in [0, 0.05) is 18.9 Å². The molecule has 9 heteroatoms. The molecular weight excluding hydrogens is 438 g/mol. The van der Waals surface area contributed by atoms with Crippen LogP contribution in [-0.2, 0) is 16.0 Å². The molecule has 1 heterocycles. The molecule has 3 aromatic rings. The molecule has 0 spiro atoms. The van der Waals surface area contributed by atoms with Crippen LogP contribution in [0.3, 0.4) is 0 Å². The molecule has 3 rings (SSSR count). The SMILES string of the molecule is CCCC(=O)Nc1nc2ccc(CCC(=O)Nc3cc(Cl)c(OC)cc3OC)cc2s1. The number of halogens is 1. The van der Waals surface area contributed by atoms with Crippen LogP contribution in [0.1, 0.15) is 31.7 Å². The topological polar surface area (TPSA) is 89.6 Å². The lowest BCUT2D eigenvalue weighted by molar-refractivity contribution is -0.117. The van der Waals surface area contributed by atoms with E-state index in [2.05, 4.69) is 15.6 Å². The number of carbonyl (C=O) groups excluding carboxylic acids is 2. The van der Waals surface area contributed by atoms with Crippen LogP contribution in [0.15, 0.2) is 30.3 Å². The summed E-state index contributed by atoms with van der Waals surface area (Å²) in [5, 5.41) is 6.64. The predicted molar refractivity (Wildman–Crippen MR) is 125 cm³/mol. The van der Waals surface area contributed by atoms with Crippen molar-refractivity contribution in [1.82, 2.24) is 4.98 Å². The molecule has 0 aliphatic rings. The Hall–Kier alpha value is -2.84. The van der Waals surface area contributed by atoms with Crippen molar-refractivity contribution in [2.24, 2.45) is 0 Å². The number of nitrogens with one attached hydrogen (secondary N) is 2. The minimum atomic E-state index is -0.156. The standard InChI is InChI=1S/C22H24ClN3O4S/c1-4-5-20(27)26-22-25-15-8-6-13(10-19(15)31-22)7-9-21(28)24-16-11-14(23)17(29-2)12-18(16)30-3/h6,8,10-12H,4-5,7,9H2,1-3H3,(H,24,28)(H,25,26,27). The van der Waals surface area contributed by atoms with Crippen molar-refractivity contribution in [2.45, 2.75) is 32.6 Å². The van der Waals surface area contributed by atoms with Crippen LogP contribution < -0.4 is 20.1 Å². The number of carbonyl (C=O) groups is 2. The molecule has 0 radical (unpaired) electrons. The fourth-order valence-corrected chi connectivity index (χ4v) is 4.20. The fraction of sp³-hybridized carbons (Fsp3) is 0.318. The summed E-state index contributed by atoms with van der Waals surface area (Å²) in [6, 6.07) is 9.08. The first-order valence-corrected chi connectivity index (χ1v) is 11.0. The smallest absolute Gasteiger partial charge is 0.226 e. The summed E-state index contributed by atoms with van der Waals surface area (Å²) in [4.78, 5) is 28.7. The number of benzene rings is 2.